The van der Waals surface area contributed by atoms with Gasteiger partial charge in [-0.2, -0.15) is 0 Å². The van der Waals surface area contributed by atoms with E-state index >= 15 is 0 Å². The first-order chi connectivity index (χ1) is 9.46. The van der Waals surface area contributed by atoms with Crippen molar-refractivity contribution in [3.8, 4) is 0 Å². The van der Waals surface area contributed by atoms with E-state index in [1.807, 2.05) is 12.1 Å². The predicted octanol–water partition coefficient (Wildman–Crippen LogP) is 5.39. The van der Waals surface area contributed by atoms with Gasteiger partial charge in [-0.1, -0.05) is 43.0 Å². The fraction of sp³-hybridized carbons (Fsp3) is 0.667. The lowest BCUT2D eigenvalue weighted by atomic mass is 9.82. The quantitative estimate of drug-likeness (QED) is 0.737. The fourth-order valence-electron chi connectivity index (χ4n) is 3.21. The highest BCUT2D eigenvalue weighted by molar-refractivity contribution is 6.30. The molecule has 0 heterocycles. The summed E-state index contributed by atoms with van der Waals surface area (Å²) in [7, 11) is 0. The van der Waals surface area contributed by atoms with Gasteiger partial charge in [0.15, 0.2) is 0 Å². The zero-order valence-corrected chi connectivity index (χ0v) is 13.8. The molecule has 0 aromatic heterocycles. The van der Waals surface area contributed by atoms with Gasteiger partial charge in [-0.25, -0.2) is 0 Å². The van der Waals surface area contributed by atoms with E-state index in [2.05, 4.69) is 38.2 Å². The molecule has 1 aliphatic rings. The maximum atomic E-state index is 6.03. The number of hydrogen-bond acceptors (Lipinski definition) is 1. The highest BCUT2D eigenvalue weighted by Crippen LogP contribution is 2.36. The topological polar surface area (TPSA) is 12.0 Å². The van der Waals surface area contributed by atoms with Gasteiger partial charge in [-0.3, -0.25) is 0 Å². The molecule has 2 rings (SSSR count). The molecule has 1 fully saturated rings. The van der Waals surface area contributed by atoms with Crippen LogP contribution in [0, 0.1) is 5.92 Å². The summed E-state index contributed by atoms with van der Waals surface area (Å²) in [6, 6.07) is 8.52. The Labute approximate surface area is 129 Å². The SMILES string of the molecule is CC(C)(C)NCC1CCCCCC1c1ccc(Cl)cc1. The normalized spacial score (nSPS) is 24.4. The van der Waals surface area contributed by atoms with Crippen LogP contribution in [0.3, 0.4) is 0 Å². The van der Waals surface area contributed by atoms with E-state index in [1.165, 1.54) is 37.7 Å². The van der Waals surface area contributed by atoms with Crippen LogP contribution in [0.25, 0.3) is 0 Å². The Balaban J connectivity index is 2.10. The van der Waals surface area contributed by atoms with E-state index in [4.69, 9.17) is 11.6 Å². The number of halogens is 1. The highest BCUT2D eigenvalue weighted by atomic mass is 35.5. The largest absolute Gasteiger partial charge is 0.312 e. The molecule has 0 bridgehead atoms. The first-order valence-corrected chi connectivity index (χ1v) is 8.34. The molecule has 1 aliphatic carbocycles. The van der Waals surface area contributed by atoms with Gasteiger partial charge in [0.1, 0.15) is 0 Å². The Morgan fingerprint density at radius 3 is 2.35 bits per heavy atom. The monoisotopic (exact) mass is 293 g/mol. The minimum absolute atomic E-state index is 0.205. The molecule has 0 aliphatic heterocycles. The van der Waals surface area contributed by atoms with Gasteiger partial charge < -0.3 is 5.32 Å². The van der Waals surface area contributed by atoms with Gasteiger partial charge in [0.2, 0.25) is 0 Å². The number of hydrogen-bond donors (Lipinski definition) is 1. The first kappa shape index (κ1) is 15.9. The minimum Gasteiger partial charge on any atom is -0.312 e. The molecule has 1 saturated carbocycles. The summed E-state index contributed by atoms with van der Waals surface area (Å²) in [6.45, 7) is 7.87. The van der Waals surface area contributed by atoms with Crippen molar-refractivity contribution in [2.45, 2.75) is 64.3 Å². The van der Waals surface area contributed by atoms with Crippen LogP contribution in [0.4, 0.5) is 0 Å². The van der Waals surface area contributed by atoms with E-state index in [0.717, 1.165) is 17.5 Å². The Hall–Kier alpha value is -0.530. The zero-order chi connectivity index (χ0) is 14.6. The van der Waals surface area contributed by atoms with Gasteiger partial charge in [0.25, 0.3) is 0 Å². The predicted molar refractivity (Wildman–Crippen MR) is 88.5 cm³/mol. The zero-order valence-electron chi connectivity index (χ0n) is 13.1. The molecular weight excluding hydrogens is 266 g/mol. The molecule has 1 aromatic rings. The molecule has 1 aromatic carbocycles. The van der Waals surface area contributed by atoms with Crippen molar-refractivity contribution in [3.63, 3.8) is 0 Å². The number of nitrogens with one attached hydrogen (secondary N) is 1. The van der Waals surface area contributed by atoms with E-state index in [-0.39, 0.29) is 5.54 Å². The Morgan fingerprint density at radius 2 is 1.70 bits per heavy atom. The van der Waals surface area contributed by atoms with Crippen LogP contribution in [0.1, 0.15) is 64.4 Å². The molecule has 112 valence electrons. The van der Waals surface area contributed by atoms with Gasteiger partial charge >= 0.3 is 0 Å². The van der Waals surface area contributed by atoms with Crippen molar-refractivity contribution in [2.24, 2.45) is 5.92 Å². The molecule has 20 heavy (non-hydrogen) atoms. The molecule has 1 N–H and O–H groups in total. The summed E-state index contributed by atoms with van der Waals surface area (Å²) < 4.78 is 0. The molecule has 0 radical (unpaired) electrons. The lowest BCUT2D eigenvalue weighted by molar-refractivity contribution is 0.322. The van der Waals surface area contributed by atoms with Gasteiger partial charge in [0.05, 0.1) is 0 Å². The summed E-state index contributed by atoms with van der Waals surface area (Å²) >= 11 is 6.03. The third-order valence-corrected chi connectivity index (χ3v) is 4.60. The molecule has 2 heteroatoms. The fourth-order valence-corrected chi connectivity index (χ4v) is 3.34. The Morgan fingerprint density at radius 1 is 1.05 bits per heavy atom. The second-order valence-electron chi connectivity index (χ2n) is 7.19. The molecular formula is C18H28ClN. The van der Waals surface area contributed by atoms with E-state index < -0.39 is 0 Å². The maximum absolute atomic E-state index is 6.03. The summed E-state index contributed by atoms with van der Waals surface area (Å²) in [6.07, 6.45) is 6.78. The molecule has 1 nitrogen and oxygen atoms in total. The van der Waals surface area contributed by atoms with Crippen molar-refractivity contribution in [2.75, 3.05) is 6.54 Å². The molecule has 2 atom stereocenters. The first-order valence-electron chi connectivity index (χ1n) is 7.96. The standard InChI is InChI=1S/C18H28ClN/c1-18(2,3)20-13-15-7-5-4-6-8-17(15)14-9-11-16(19)12-10-14/h9-12,15,17,20H,4-8,13H2,1-3H3. The van der Waals surface area contributed by atoms with Crippen LogP contribution in [-0.2, 0) is 0 Å². The third kappa shape index (κ3) is 4.79. The minimum atomic E-state index is 0.205. The molecule has 0 spiro atoms. The second kappa shape index (κ2) is 6.95. The lowest BCUT2D eigenvalue weighted by Crippen LogP contribution is -2.40. The molecule has 2 unspecified atom stereocenters. The number of rotatable bonds is 3. The van der Waals surface area contributed by atoms with Crippen molar-refractivity contribution in [1.82, 2.24) is 5.32 Å². The maximum Gasteiger partial charge on any atom is 0.0406 e. The van der Waals surface area contributed by atoms with Crippen LogP contribution in [0.2, 0.25) is 5.02 Å². The Bertz CT molecular complexity index is 404. The van der Waals surface area contributed by atoms with Crippen LogP contribution in [0.15, 0.2) is 24.3 Å². The molecule has 0 amide bonds. The van der Waals surface area contributed by atoms with Crippen LogP contribution in [0.5, 0.6) is 0 Å². The van der Waals surface area contributed by atoms with Crippen LogP contribution < -0.4 is 5.32 Å². The summed E-state index contributed by atoms with van der Waals surface area (Å²) in [5, 5.41) is 4.54. The summed E-state index contributed by atoms with van der Waals surface area (Å²) in [5.41, 5.74) is 1.67. The van der Waals surface area contributed by atoms with E-state index in [9.17, 15) is 0 Å². The third-order valence-electron chi connectivity index (χ3n) is 4.35. The highest BCUT2D eigenvalue weighted by Gasteiger charge is 2.26. The smallest absolute Gasteiger partial charge is 0.0406 e. The second-order valence-corrected chi connectivity index (χ2v) is 7.62. The lowest BCUT2D eigenvalue weighted by Gasteiger charge is -2.30. The van der Waals surface area contributed by atoms with E-state index in [1.54, 1.807) is 0 Å². The van der Waals surface area contributed by atoms with Gasteiger partial charge in [-0.15, -0.1) is 0 Å². The number of benzene rings is 1. The van der Waals surface area contributed by atoms with Crippen LogP contribution >= 0.6 is 11.6 Å². The summed E-state index contributed by atoms with van der Waals surface area (Å²) in [4.78, 5) is 0. The summed E-state index contributed by atoms with van der Waals surface area (Å²) in [5.74, 6) is 1.43. The van der Waals surface area contributed by atoms with Crippen LogP contribution in [-0.4, -0.2) is 12.1 Å². The van der Waals surface area contributed by atoms with Crippen molar-refractivity contribution in [3.05, 3.63) is 34.9 Å². The van der Waals surface area contributed by atoms with E-state index in [0.29, 0.717) is 5.92 Å². The van der Waals surface area contributed by atoms with Crippen molar-refractivity contribution >= 4 is 11.6 Å². The van der Waals surface area contributed by atoms with Gasteiger partial charge in [-0.05, 0) is 69.7 Å². The Kier molecular flexibility index (Phi) is 5.51. The molecule has 0 saturated heterocycles. The average molecular weight is 294 g/mol. The average Bonchev–Trinajstić information content (AvgIpc) is 2.62. The van der Waals surface area contributed by atoms with Crippen molar-refractivity contribution in [1.29, 1.82) is 0 Å². The van der Waals surface area contributed by atoms with Crippen molar-refractivity contribution < 1.29 is 0 Å². The van der Waals surface area contributed by atoms with Gasteiger partial charge in [0, 0.05) is 10.6 Å².